The van der Waals surface area contributed by atoms with E-state index in [0.717, 1.165) is 33.3 Å². The molecule has 0 saturated carbocycles. The average molecular weight is 732 g/mol. The van der Waals surface area contributed by atoms with Crippen molar-refractivity contribution in [1.82, 2.24) is 19.9 Å². The van der Waals surface area contributed by atoms with Crippen LogP contribution >= 0.6 is 23.2 Å². The van der Waals surface area contributed by atoms with E-state index in [1.807, 2.05) is 114 Å². The number of halogens is 2. The van der Waals surface area contributed by atoms with Crippen LogP contribution in [0.2, 0.25) is 10.0 Å². The van der Waals surface area contributed by atoms with Crippen LogP contribution in [0.3, 0.4) is 0 Å². The van der Waals surface area contributed by atoms with Crippen LogP contribution in [0.15, 0.2) is 72.8 Å². The van der Waals surface area contributed by atoms with Gasteiger partial charge in [0, 0.05) is 22.2 Å². The number of esters is 2. The van der Waals surface area contributed by atoms with E-state index in [4.69, 9.17) is 42.6 Å². The highest BCUT2D eigenvalue weighted by Crippen LogP contribution is 2.36. The summed E-state index contributed by atoms with van der Waals surface area (Å²) < 4.78 is 11.3. The molecule has 0 radical (unpaired) electrons. The van der Waals surface area contributed by atoms with Gasteiger partial charge in [-0.05, 0) is 126 Å². The predicted octanol–water partition coefficient (Wildman–Crippen LogP) is 11.2. The molecule has 2 aromatic carbocycles. The third-order valence-electron chi connectivity index (χ3n) is 8.20. The summed E-state index contributed by atoms with van der Waals surface area (Å²) in [7, 11) is 0. The molecule has 5 heterocycles. The molecule has 8 bridgehead atoms. The average Bonchev–Trinajstić information content (AvgIpc) is 3.91. The van der Waals surface area contributed by atoms with Crippen LogP contribution in [0.4, 0.5) is 0 Å². The Kier molecular flexibility index (Phi) is 8.93. The van der Waals surface area contributed by atoms with E-state index in [1.165, 1.54) is 0 Å². The number of aromatic amines is 2. The zero-order chi connectivity index (χ0) is 36.9. The molecule has 0 fully saturated rings. The Morgan fingerprint density at radius 2 is 0.904 bits per heavy atom. The van der Waals surface area contributed by atoms with Gasteiger partial charge in [-0.1, -0.05) is 47.5 Å². The SMILES string of the molecule is CC(C)(C)OC(=O)c1cccc(-c2c3nc(c(Cl)c4ccc([nH]4)c(-c4cccc(C(=O)OC(C)(C)C)c4)c4nc(c(Cl)c5ccc2[nH]5)C=C4)C=C3)c1. The van der Waals surface area contributed by atoms with Crippen molar-refractivity contribution in [3.05, 3.63) is 117 Å². The third kappa shape index (κ3) is 7.17. The van der Waals surface area contributed by atoms with Gasteiger partial charge < -0.3 is 19.4 Å². The van der Waals surface area contributed by atoms with Crippen molar-refractivity contribution < 1.29 is 19.1 Å². The summed E-state index contributed by atoms with van der Waals surface area (Å²) in [5, 5.41) is 0.820. The quantitative estimate of drug-likeness (QED) is 0.174. The molecule has 0 spiro atoms. The number of carbonyl (C=O) groups excluding carboxylic acids is 2. The summed E-state index contributed by atoms with van der Waals surface area (Å²) in [4.78, 5) is 43.0. The minimum Gasteiger partial charge on any atom is -0.456 e. The summed E-state index contributed by atoms with van der Waals surface area (Å²) in [6, 6.07) is 22.1. The van der Waals surface area contributed by atoms with Gasteiger partial charge in [-0.2, -0.15) is 0 Å². The zero-order valence-corrected chi connectivity index (χ0v) is 31.0. The fourth-order valence-electron chi connectivity index (χ4n) is 6.02. The number of hydrogen-bond acceptors (Lipinski definition) is 6. The maximum atomic E-state index is 13.1. The van der Waals surface area contributed by atoms with Crippen molar-refractivity contribution in [3.63, 3.8) is 0 Å². The lowest BCUT2D eigenvalue weighted by atomic mass is 10.0. The molecule has 8 nitrogen and oxygen atoms in total. The van der Waals surface area contributed by atoms with Crippen molar-refractivity contribution in [1.29, 1.82) is 0 Å². The third-order valence-corrected chi connectivity index (χ3v) is 8.99. The first-order chi connectivity index (χ1) is 24.6. The fourth-order valence-corrected chi connectivity index (χ4v) is 6.45. The molecular formula is C42H36Cl2N4O4. The Morgan fingerprint density at radius 3 is 1.29 bits per heavy atom. The molecule has 0 unspecified atom stereocenters. The van der Waals surface area contributed by atoms with Crippen LogP contribution < -0.4 is 0 Å². The van der Waals surface area contributed by atoms with Gasteiger partial charge in [-0.25, -0.2) is 19.6 Å². The first-order valence-corrected chi connectivity index (χ1v) is 17.5. The number of benzene rings is 2. The lowest BCUT2D eigenvalue weighted by Gasteiger charge is -2.19. The molecule has 0 saturated heterocycles. The Balaban J connectivity index is 1.48. The molecule has 0 amide bonds. The molecule has 262 valence electrons. The van der Waals surface area contributed by atoms with Crippen LogP contribution in [0.1, 0.15) is 85.0 Å². The van der Waals surface area contributed by atoms with Crippen molar-refractivity contribution >= 4 is 81.5 Å². The number of ether oxygens (including phenoxy) is 2. The molecule has 52 heavy (non-hydrogen) atoms. The number of rotatable bonds is 4. The topological polar surface area (TPSA) is 110 Å². The molecule has 0 aliphatic carbocycles. The summed E-state index contributed by atoms with van der Waals surface area (Å²) in [5.74, 6) is -0.847. The monoisotopic (exact) mass is 730 g/mol. The molecule has 7 rings (SSSR count). The van der Waals surface area contributed by atoms with E-state index in [2.05, 4.69) is 9.97 Å². The van der Waals surface area contributed by atoms with Gasteiger partial charge in [0.05, 0.1) is 55.0 Å². The van der Waals surface area contributed by atoms with Gasteiger partial charge >= 0.3 is 11.9 Å². The second kappa shape index (κ2) is 13.3. The predicted molar refractivity (Wildman–Crippen MR) is 210 cm³/mol. The standard InChI is InChI=1S/C42H36Cl2N4O4/c1-41(2,3)51-39(49)25-11-7-9-23(21-25)35-27-13-17-31(45-27)37(43)33-19-15-29(47-33)36(24-10-8-12-26(22-24)40(50)52-42(4,5)6)30-16-20-34(48-30)38(44)32-18-14-28(35)46-32/h7-22,45,48H,1-6H3. The van der Waals surface area contributed by atoms with Gasteiger partial charge in [0.15, 0.2) is 0 Å². The normalized spacial score (nSPS) is 12.6. The van der Waals surface area contributed by atoms with Crippen molar-refractivity contribution in [2.45, 2.75) is 52.7 Å². The summed E-state index contributed by atoms with van der Waals surface area (Å²) >= 11 is 14.1. The number of nitrogens with zero attached hydrogens (tertiary/aromatic N) is 2. The summed E-state index contributed by atoms with van der Waals surface area (Å²) in [6.45, 7) is 11.0. The van der Waals surface area contributed by atoms with Gasteiger partial charge in [0.2, 0.25) is 0 Å². The highest BCUT2D eigenvalue weighted by molar-refractivity contribution is 6.36. The van der Waals surface area contributed by atoms with Crippen molar-refractivity contribution in [2.75, 3.05) is 0 Å². The van der Waals surface area contributed by atoms with Crippen LogP contribution in [-0.4, -0.2) is 43.1 Å². The van der Waals surface area contributed by atoms with E-state index in [-0.39, 0.29) is 0 Å². The maximum absolute atomic E-state index is 13.1. The lowest BCUT2D eigenvalue weighted by molar-refractivity contribution is 0.00571. The molecular weight excluding hydrogens is 695 g/mol. The Hall–Kier alpha value is -5.44. The van der Waals surface area contributed by atoms with Gasteiger partial charge in [0.1, 0.15) is 11.2 Å². The van der Waals surface area contributed by atoms with Crippen molar-refractivity contribution in [2.24, 2.45) is 0 Å². The Morgan fingerprint density at radius 1 is 0.538 bits per heavy atom. The smallest absolute Gasteiger partial charge is 0.338 e. The highest BCUT2D eigenvalue weighted by Gasteiger charge is 2.22. The molecule has 3 aromatic heterocycles. The van der Waals surface area contributed by atoms with Gasteiger partial charge in [0.25, 0.3) is 0 Å². The summed E-state index contributed by atoms with van der Waals surface area (Å²) in [5.41, 5.74) is 7.63. The van der Waals surface area contributed by atoms with Gasteiger partial charge in [-0.15, -0.1) is 0 Å². The van der Waals surface area contributed by atoms with E-state index in [9.17, 15) is 9.59 Å². The molecule has 2 aliphatic heterocycles. The van der Waals surface area contributed by atoms with Crippen molar-refractivity contribution in [3.8, 4) is 22.3 Å². The van der Waals surface area contributed by atoms with Crippen LogP contribution in [0, 0.1) is 0 Å². The molecule has 2 aliphatic rings. The molecule has 0 atom stereocenters. The highest BCUT2D eigenvalue weighted by atomic mass is 35.5. The lowest BCUT2D eigenvalue weighted by Crippen LogP contribution is -2.23. The maximum Gasteiger partial charge on any atom is 0.338 e. The van der Waals surface area contributed by atoms with Gasteiger partial charge in [-0.3, -0.25) is 0 Å². The van der Waals surface area contributed by atoms with E-state index in [1.54, 1.807) is 24.3 Å². The van der Waals surface area contributed by atoms with Crippen LogP contribution in [0.25, 0.3) is 68.6 Å². The number of hydrogen-bond donors (Lipinski definition) is 2. The molecule has 10 heteroatoms. The zero-order valence-electron chi connectivity index (χ0n) is 29.5. The minimum atomic E-state index is -0.646. The molecule has 2 N–H and O–H groups in total. The molecule has 5 aromatic rings. The van der Waals surface area contributed by atoms with Crippen LogP contribution in [-0.2, 0) is 9.47 Å². The van der Waals surface area contributed by atoms with Crippen LogP contribution in [0.5, 0.6) is 0 Å². The number of aromatic nitrogens is 4. The summed E-state index contributed by atoms with van der Waals surface area (Å²) in [6.07, 6.45) is 7.50. The number of carbonyl (C=O) groups is 2. The van der Waals surface area contributed by atoms with E-state index >= 15 is 0 Å². The van der Waals surface area contributed by atoms with E-state index in [0.29, 0.717) is 55.0 Å². The van der Waals surface area contributed by atoms with E-state index < -0.39 is 23.1 Å². The Bertz CT molecular complexity index is 2340. The number of H-pyrrole nitrogens is 2. The fraction of sp³-hybridized carbons (Fsp3) is 0.190. The number of nitrogens with one attached hydrogen (secondary N) is 2. The Labute approximate surface area is 311 Å². The second-order valence-corrected chi connectivity index (χ2v) is 15.3. The number of fused-ring (bicyclic) bond motifs is 8. The second-order valence-electron chi connectivity index (χ2n) is 14.5. The first kappa shape index (κ1) is 35.0. The first-order valence-electron chi connectivity index (χ1n) is 16.8. The largest absolute Gasteiger partial charge is 0.456 e. The minimum absolute atomic E-state index is 0.410.